The number of nitrogens with one attached hydrogen (secondary N) is 2. The van der Waals surface area contributed by atoms with Gasteiger partial charge in [0, 0.05) is 0 Å². The highest BCUT2D eigenvalue weighted by Crippen LogP contribution is 2.51. The van der Waals surface area contributed by atoms with Crippen molar-refractivity contribution in [3.63, 3.8) is 0 Å². The fourth-order valence-corrected chi connectivity index (χ4v) is 2.66. The van der Waals surface area contributed by atoms with E-state index in [-0.39, 0.29) is 23.4 Å². The molecule has 0 amide bonds. The molecule has 8 heteroatoms. The molecule has 0 unspecified atom stereocenters. The lowest BCUT2D eigenvalue weighted by molar-refractivity contribution is -0.151. The summed E-state index contributed by atoms with van der Waals surface area (Å²) in [5.41, 5.74) is -2.03. The van der Waals surface area contributed by atoms with Crippen molar-refractivity contribution < 1.29 is 21.6 Å². The van der Waals surface area contributed by atoms with Gasteiger partial charge in [-0.1, -0.05) is 12.1 Å². The number of hydrogen-bond donors (Lipinski definition) is 2. The third-order valence-corrected chi connectivity index (χ3v) is 4.58. The van der Waals surface area contributed by atoms with Crippen molar-refractivity contribution in [3.05, 3.63) is 24.3 Å². The third kappa shape index (κ3) is 2.55. The Balaban J connectivity index is 2.38. The Morgan fingerprint density at radius 3 is 2.26 bits per heavy atom. The van der Waals surface area contributed by atoms with Crippen LogP contribution in [0.25, 0.3) is 0 Å². The van der Waals surface area contributed by atoms with Gasteiger partial charge in [0.15, 0.2) is 0 Å². The van der Waals surface area contributed by atoms with Crippen LogP contribution >= 0.6 is 0 Å². The minimum atomic E-state index is -4.40. The fraction of sp³-hybridized carbons (Fsp3) is 0.455. The third-order valence-electron chi connectivity index (χ3n) is 3.11. The molecule has 0 spiro atoms. The van der Waals surface area contributed by atoms with Crippen molar-refractivity contribution in [2.24, 2.45) is 0 Å². The zero-order chi connectivity index (χ0) is 14.3. The fourth-order valence-electron chi connectivity index (χ4n) is 1.78. The topological polar surface area (TPSA) is 58.2 Å². The largest absolute Gasteiger partial charge is 0.411 e. The molecule has 106 valence electrons. The van der Waals surface area contributed by atoms with Crippen LogP contribution in [0, 0.1) is 0 Å². The molecule has 0 aliphatic heterocycles. The van der Waals surface area contributed by atoms with Crippen LogP contribution in [0.2, 0.25) is 0 Å². The van der Waals surface area contributed by atoms with Gasteiger partial charge in [-0.2, -0.15) is 13.2 Å². The summed E-state index contributed by atoms with van der Waals surface area (Å²) in [6, 6.07) is 5.54. The lowest BCUT2D eigenvalue weighted by atomic mass is 10.2. The van der Waals surface area contributed by atoms with Gasteiger partial charge in [-0.05, 0) is 32.0 Å². The van der Waals surface area contributed by atoms with Gasteiger partial charge in [0.05, 0.1) is 5.69 Å². The molecule has 1 aliphatic carbocycles. The van der Waals surface area contributed by atoms with Gasteiger partial charge in [0.1, 0.15) is 10.4 Å². The molecule has 0 saturated heterocycles. The second-order valence-electron chi connectivity index (χ2n) is 4.41. The molecule has 1 fully saturated rings. The van der Waals surface area contributed by atoms with E-state index in [9.17, 15) is 21.6 Å². The maximum Gasteiger partial charge on any atom is 0.411 e. The average molecular weight is 294 g/mol. The molecule has 0 aromatic heterocycles. The zero-order valence-electron chi connectivity index (χ0n) is 10.1. The Morgan fingerprint density at radius 1 is 1.21 bits per heavy atom. The van der Waals surface area contributed by atoms with E-state index in [0.717, 1.165) is 0 Å². The summed E-state index contributed by atoms with van der Waals surface area (Å²) >= 11 is 0. The summed E-state index contributed by atoms with van der Waals surface area (Å²) in [5, 5.41) is 2.33. The van der Waals surface area contributed by atoms with Crippen molar-refractivity contribution in [1.29, 1.82) is 0 Å². The number of benzene rings is 1. The van der Waals surface area contributed by atoms with Crippen LogP contribution in [0.15, 0.2) is 29.2 Å². The molecule has 4 nitrogen and oxygen atoms in total. The molecule has 19 heavy (non-hydrogen) atoms. The van der Waals surface area contributed by atoms with E-state index in [1.54, 1.807) is 0 Å². The van der Waals surface area contributed by atoms with Crippen LogP contribution in [0.3, 0.4) is 0 Å². The number of alkyl halides is 3. The molecular formula is C11H13F3N2O2S. The molecule has 0 bridgehead atoms. The Hall–Kier alpha value is -1.28. The Bertz CT molecular complexity index is 580. The predicted molar refractivity (Wildman–Crippen MR) is 64.3 cm³/mol. The van der Waals surface area contributed by atoms with Crippen LogP contribution in [0.5, 0.6) is 0 Å². The zero-order valence-corrected chi connectivity index (χ0v) is 10.9. The van der Waals surface area contributed by atoms with Gasteiger partial charge in [0.2, 0.25) is 10.0 Å². The van der Waals surface area contributed by atoms with E-state index in [0.29, 0.717) is 0 Å². The van der Waals surface area contributed by atoms with E-state index >= 15 is 0 Å². The van der Waals surface area contributed by atoms with Gasteiger partial charge in [-0.25, -0.2) is 13.1 Å². The molecule has 0 atom stereocenters. The lowest BCUT2D eigenvalue weighted by Crippen LogP contribution is -2.39. The summed E-state index contributed by atoms with van der Waals surface area (Å²) in [6.45, 7) is 0. The number of sulfonamides is 1. The summed E-state index contributed by atoms with van der Waals surface area (Å²) in [6.07, 6.45) is -4.50. The van der Waals surface area contributed by atoms with Crippen molar-refractivity contribution >= 4 is 15.7 Å². The molecule has 2 N–H and O–H groups in total. The first-order chi connectivity index (χ1) is 8.72. The van der Waals surface area contributed by atoms with Crippen LogP contribution in [-0.2, 0) is 10.0 Å². The molecule has 1 saturated carbocycles. The number of hydrogen-bond acceptors (Lipinski definition) is 3. The lowest BCUT2D eigenvalue weighted by Gasteiger charge is -2.23. The maximum atomic E-state index is 12.9. The minimum absolute atomic E-state index is 0.0355. The predicted octanol–water partition coefficient (Wildman–Crippen LogP) is 2.10. The van der Waals surface area contributed by atoms with Gasteiger partial charge in [-0.15, -0.1) is 0 Å². The highest BCUT2D eigenvalue weighted by Gasteiger charge is 2.63. The van der Waals surface area contributed by atoms with Crippen LogP contribution in [0.4, 0.5) is 18.9 Å². The van der Waals surface area contributed by atoms with Gasteiger partial charge >= 0.3 is 6.18 Å². The Morgan fingerprint density at radius 2 is 1.79 bits per heavy atom. The second kappa shape index (κ2) is 4.38. The quantitative estimate of drug-likeness (QED) is 0.894. The van der Waals surface area contributed by atoms with E-state index < -0.39 is 21.7 Å². The van der Waals surface area contributed by atoms with E-state index in [1.165, 1.54) is 31.3 Å². The molecule has 1 aromatic carbocycles. The SMILES string of the molecule is CNS(=O)(=O)c1ccccc1NC1(C(F)(F)F)CC1. The number of halogens is 3. The summed E-state index contributed by atoms with van der Waals surface area (Å²) in [5.74, 6) is 0. The number of para-hydroxylation sites is 1. The highest BCUT2D eigenvalue weighted by molar-refractivity contribution is 7.89. The Labute approximate surface area is 109 Å². The summed E-state index contributed by atoms with van der Waals surface area (Å²) in [7, 11) is -2.59. The molecule has 1 aromatic rings. The van der Waals surface area contributed by atoms with Gasteiger partial charge in [-0.3, -0.25) is 0 Å². The highest BCUT2D eigenvalue weighted by atomic mass is 32.2. The monoisotopic (exact) mass is 294 g/mol. The Kier molecular flexibility index (Phi) is 3.26. The molecule has 2 rings (SSSR count). The van der Waals surface area contributed by atoms with Crippen molar-refractivity contribution in [2.75, 3.05) is 12.4 Å². The first-order valence-electron chi connectivity index (χ1n) is 5.59. The molecule has 0 radical (unpaired) electrons. The standard InChI is InChI=1S/C11H13F3N2O2S/c1-15-19(17,18)9-5-3-2-4-8(9)16-10(6-7-10)11(12,13)14/h2-5,15-16H,6-7H2,1H3. The summed E-state index contributed by atoms with van der Waals surface area (Å²) < 4.78 is 64.2. The molecular weight excluding hydrogens is 281 g/mol. The smallest absolute Gasteiger partial charge is 0.370 e. The first-order valence-corrected chi connectivity index (χ1v) is 7.08. The van der Waals surface area contributed by atoms with E-state index in [2.05, 4.69) is 10.0 Å². The summed E-state index contributed by atoms with van der Waals surface area (Å²) in [4.78, 5) is -0.187. The van der Waals surface area contributed by atoms with E-state index in [4.69, 9.17) is 0 Å². The average Bonchev–Trinajstić information content (AvgIpc) is 3.10. The normalized spacial score (nSPS) is 18.1. The van der Waals surface area contributed by atoms with Crippen molar-refractivity contribution in [1.82, 2.24) is 4.72 Å². The van der Waals surface area contributed by atoms with Crippen LogP contribution in [0.1, 0.15) is 12.8 Å². The minimum Gasteiger partial charge on any atom is -0.370 e. The van der Waals surface area contributed by atoms with E-state index in [1.807, 2.05) is 0 Å². The van der Waals surface area contributed by atoms with Crippen LogP contribution in [-0.4, -0.2) is 27.2 Å². The van der Waals surface area contributed by atoms with Crippen LogP contribution < -0.4 is 10.0 Å². The van der Waals surface area contributed by atoms with Gasteiger partial charge < -0.3 is 5.32 Å². The van der Waals surface area contributed by atoms with Crippen molar-refractivity contribution in [2.45, 2.75) is 29.5 Å². The van der Waals surface area contributed by atoms with Crippen molar-refractivity contribution in [3.8, 4) is 0 Å². The maximum absolute atomic E-state index is 12.9. The van der Waals surface area contributed by atoms with Gasteiger partial charge in [0.25, 0.3) is 0 Å². The molecule has 0 heterocycles. The first kappa shape index (κ1) is 14.1. The number of anilines is 1. The number of rotatable bonds is 4. The molecule has 1 aliphatic rings. The second-order valence-corrected chi connectivity index (χ2v) is 6.26.